The Morgan fingerprint density at radius 3 is 2.47 bits per heavy atom. The van der Waals surface area contributed by atoms with Crippen molar-refractivity contribution in [3.05, 3.63) is 75.3 Å². The molecule has 0 N–H and O–H groups in total. The van der Waals surface area contributed by atoms with E-state index in [9.17, 15) is 9.59 Å². The average molecular weight is 454 g/mol. The number of amides is 1. The molecule has 6 heteroatoms. The lowest BCUT2D eigenvalue weighted by Crippen LogP contribution is -2.39. The molecule has 0 radical (unpaired) electrons. The molecule has 1 heterocycles. The van der Waals surface area contributed by atoms with E-state index in [2.05, 4.69) is 6.92 Å². The largest absolute Gasteiger partial charge is 0.328 e. The fourth-order valence-corrected chi connectivity index (χ4v) is 4.33. The number of hydrogen-bond acceptors (Lipinski definition) is 3. The Morgan fingerprint density at radius 2 is 1.81 bits per heavy atom. The van der Waals surface area contributed by atoms with Crippen molar-refractivity contribution < 1.29 is 4.79 Å². The fraction of sp³-hybridized carbons (Fsp3) is 0.423. The van der Waals surface area contributed by atoms with Crippen LogP contribution in [0.5, 0.6) is 0 Å². The molecule has 1 unspecified atom stereocenters. The SMILES string of the molecule is CCCCCCN(C(=O)c1ccccc1)C(CC)c1nc2cc(Cl)ccc2c(=O)n1CC. The van der Waals surface area contributed by atoms with Crippen LogP contribution in [0.25, 0.3) is 10.9 Å². The number of fused-ring (bicyclic) bond motifs is 1. The van der Waals surface area contributed by atoms with Crippen LogP contribution in [-0.4, -0.2) is 26.9 Å². The Balaban J connectivity index is 2.10. The van der Waals surface area contributed by atoms with E-state index >= 15 is 0 Å². The summed E-state index contributed by atoms with van der Waals surface area (Å²) in [6.07, 6.45) is 4.90. The molecule has 1 atom stereocenters. The highest BCUT2D eigenvalue weighted by Crippen LogP contribution is 2.27. The van der Waals surface area contributed by atoms with E-state index in [1.165, 1.54) is 0 Å². The van der Waals surface area contributed by atoms with Gasteiger partial charge in [-0.25, -0.2) is 4.98 Å². The van der Waals surface area contributed by atoms with Crippen molar-refractivity contribution in [2.45, 2.75) is 65.5 Å². The van der Waals surface area contributed by atoms with E-state index in [-0.39, 0.29) is 17.5 Å². The van der Waals surface area contributed by atoms with Crippen LogP contribution in [0.1, 0.15) is 75.1 Å². The zero-order valence-corrected chi connectivity index (χ0v) is 19.9. The van der Waals surface area contributed by atoms with E-state index < -0.39 is 0 Å². The summed E-state index contributed by atoms with van der Waals surface area (Å²) in [7, 11) is 0. The highest BCUT2D eigenvalue weighted by molar-refractivity contribution is 6.31. The molecule has 0 saturated heterocycles. The van der Waals surface area contributed by atoms with Gasteiger partial charge in [-0.15, -0.1) is 0 Å². The van der Waals surface area contributed by atoms with Gasteiger partial charge in [0.2, 0.25) is 0 Å². The third-order valence-corrected chi connectivity index (χ3v) is 6.09. The van der Waals surface area contributed by atoms with Gasteiger partial charge < -0.3 is 4.90 Å². The van der Waals surface area contributed by atoms with Crippen LogP contribution in [0.15, 0.2) is 53.3 Å². The number of nitrogens with zero attached hydrogens (tertiary/aromatic N) is 3. The van der Waals surface area contributed by atoms with Crippen LogP contribution >= 0.6 is 11.6 Å². The van der Waals surface area contributed by atoms with Crippen LogP contribution in [0.4, 0.5) is 0 Å². The van der Waals surface area contributed by atoms with Crippen molar-refractivity contribution in [2.24, 2.45) is 0 Å². The summed E-state index contributed by atoms with van der Waals surface area (Å²) >= 11 is 6.19. The van der Waals surface area contributed by atoms with Gasteiger partial charge in [0.1, 0.15) is 5.82 Å². The lowest BCUT2D eigenvalue weighted by atomic mass is 10.1. The second kappa shape index (κ2) is 11.3. The molecule has 0 bridgehead atoms. The molecule has 1 aromatic heterocycles. The smallest absolute Gasteiger partial charge is 0.261 e. The topological polar surface area (TPSA) is 55.2 Å². The van der Waals surface area contributed by atoms with Crippen molar-refractivity contribution in [1.82, 2.24) is 14.5 Å². The van der Waals surface area contributed by atoms with Gasteiger partial charge in [-0.3, -0.25) is 14.2 Å². The lowest BCUT2D eigenvalue weighted by molar-refractivity contribution is 0.0652. The third kappa shape index (κ3) is 5.21. The average Bonchev–Trinajstić information content (AvgIpc) is 2.81. The van der Waals surface area contributed by atoms with Gasteiger partial charge in [-0.2, -0.15) is 0 Å². The first-order chi connectivity index (χ1) is 15.5. The molecule has 0 aliphatic carbocycles. The molecule has 2 aromatic carbocycles. The lowest BCUT2D eigenvalue weighted by Gasteiger charge is -2.32. The van der Waals surface area contributed by atoms with Gasteiger partial charge in [0.25, 0.3) is 11.5 Å². The number of carbonyl (C=O) groups excluding carboxylic acids is 1. The van der Waals surface area contributed by atoms with Crippen molar-refractivity contribution in [2.75, 3.05) is 6.54 Å². The predicted molar refractivity (Wildman–Crippen MR) is 131 cm³/mol. The monoisotopic (exact) mass is 453 g/mol. The summed E-state index contributed by atoms with van der Waals surface area (Å²) in [6.45, 7) is 7.26. The molecule has 0 spiro atoms. The van der Waals surface area contributed by atoms with Crippen LogP contribution in [0.2, 0.25) is 5.02 Å². The van der Waals surface area contributed by atoms with Gasteiger partial charge >= 0.3 is 0 Å². The Labute approximate surface area is 195 Å². The quantitative estimate of drug-likeness (QED) is 0.341. The Morgan fingerprint density at radius 1 is 1.06 bits per heavy atom. The minimum absolute atomic E-state index is 0.0305. The van der Waals surface area contributed by atoms with Crippen LogP contribution in [0.3, 0.4) is 0 Å². The maximum atomic E-state index is 13.6. The minimum atomic E-state index is -0.305. The van der Waals surface area contributed by atoms with Crippen LogP contribution in [-0.2, 0) is 6.54 Å². The second-order valence-corrected chi connectivity index (χ2v) is 8.47. The molecule has 170 valence electrons. The van der Waals surface area contributed by atoms with Crippen molar-refractivity contribution in [3.8, 4) is 0 Å². The molecule has 0 aliphatic heterocycles. The van der Waals surface area contributed by atoms with Gasteiger partial charge in [0.05, 0.1) is 16.9 Å². The molecule has 0 saturated carbocycles. The summed E-state index contributed by atoms with van der Waals surface area (Å²) in [5, 5.41) is 1.08. The number of halogens is 1. The summed E-state index contributed by atoms with van der Waals surface area (Å²) in [5.74, 6) is 0.589. The van der Waals surface area contributed by atoms with E-state index in [0.717, 1.165) is 25.7 Å². The molecule has 32 heavy (non-hydrogen) atoms. The molecule has 5 nitrogen and oxygen atoms in total. The Bertz CT molecular complexity index is 1110. The maximum absolute atomic E-state index is 13.6. The Kier molecular flexibility index (Phi) is 8.46. The van der Waals surface area contributed by atoms with E-state index in [0.29, 0.717) is 46.8 Å². The zero-order chi connectivity index (χ0) is 23.1. The maximum Gasteiger partial charge on any atom is 0.261 e. The number of carbonyl (C=O) groups is 1. The van der Waals surface area contributed by atoms with E-state index in [1.807, 2.05) is 49.1 Å². The normalized spacial score (nSPS) is 12.1. The predicted octanol–water partition coefficient (Wildman–Crippen LogP) is 6.24. The first-order valence-electron chi connectivity index (χ1n) is 11.6. The number of aromatic nitrogens is 2. The second-order valence-electron chi connectivity index (χ2n) is 8.03. The van der Waals surface area contributed by atoms with E-state index in [1.54, 1.807) is 22.8 Å². The molecular weight excluding hydrogens is 422 g/mol. The minimum Gasteiger partial charge on any atom is -0.328 e. The fourth-order valence-electron chi connectivity index (χ4n) is 4.17. The highest BCUT2D eigenvalue weighted by atomic mass is 35.5. The van der Waals surface area contributed by atoms with Gasteiger partial charge in [0, 0.05) is 23.7 Å². The number of rotatable bonds is 10. The van der Waals surface area contributed by atoms with Crippen molar-refractivity contribution >= 4 is 28.4 Å². The number of hydrogen-bond donors (Lipinski definition) is 0. The first-order valence-corrected chi connectivity index (χ1v) is 12.0. The summed E-state index contributed by atoms with van der Waals surface area (Å²) in [6, 6.07) is 14.2. The molecule has 3 rings (SSSR count). The summed E-state index contributed by atoms with van der Waals surface area (Å²) in [4.78, 5) is 33.6. The van der Waals surface area contributed by atoms with Gasteiger partial charge in [-0.05, 0) is 50.1 Å². The highest BCUT2D eigenvalue weighted by Gasteiger charge is 2.28. The van der Waals surface area contributed by atoms with Gasteiger partial charge in [-0.1, -0.05) is 62.9 Å². The molecule has 3 aromatic rings. The zero-order valence-electron chi connectivity index (χ0n) is 19.2. The first kappa shape index (κ1) is 24.0. The molecule has 1 amide bonds. The number of benzene rings is 2. The van der Waals surface area contributed by atoms with Crippen molar-refractivity contribution in [3.63, 3.8) is 0 Å². The molecular formula is C26H32ClN3O2. The van der Waals surface area contributed by atoms with Crippen LogP contribution in [0, 0.1) is 0 Å². The molecule has 0 fully saturated rings. The van der Waals surface area contributed by atoms with Crippen LogP contribution < -0.4 is 5.56 Å². The molecule has 0 aliphatic rings. The number of unbranched alkanes of at least 4 members (excludes halogenated alkanes) is 3. The van der Waals surface area contributed by atoms with Gasteiger partial charge in [0.15, 0.2) is 0 Å². The third-order valence-electron chi connectivity index (χ3n) is 5.86. The van der Waals surface area contributed by atoms with Crippen molar-refractivity contribution in [1.29, 1.82) is 0 Å². The van der Waals surface area contributed by atoms with E-state index in [4.69, 9.17) is 16.6 Å². The standard InChI is InChI=1S/C26H32ClN3O2/c1-4-7-8-12-17-30(25(31)19-13-10-9-11-14-19)23(5-2)24-28-22-18-20(27)15-16-21(22)26(32)29(24)6-3/h9-11,13-16,18,23H,4-8,12,17H2,1-3H3. The summed E-state index contributed by atoms with van der Waals surface area (Å²) < 4.78 is 1.70. The Hall–Kier alpha value is -2.66. The summed E-state index contributed by atoms with van der Waals surface area (Å²) in [5.41, 5.74) is 1.12.